The van der Waals surface area contributed by atoms with Crippen LogP contribution < -0.4 is 5.32 Å². The third-order valence-corrected chi connectivity index (χ3v) is 3.34. The Bertz CT molecular complexity index is 347. The minimum atomic E-state index is 0.119. The second-order valence-electron chi connectivity index (χ2n) is 4.66. The van der Waals surface area contributed by atoms with Crippen molar-refractivity contribution in [3.8, 4) is 0 Å². The van der Waals surface area contributed by atoms with Crippen molar-refractivity contribution in [1.29, 1.82) is 0 Å². The first-order chi connectivity index (χ1) is 8.22. The number of hydrogen-bond acceptors (Lipinski definition) is 5. The topological polar surface area (TPSA) is 60.2 Å². The summed E-state index contributed by atoms with van der Waals surface area (Å²) < 4.78 is 11.1. The second kappa shape index (κ2) is 5.60. The van der Waals surface area contributed by atoms with Gasteiger partial charge in [0.1, 0.15) is 0 Å². The minimum absolute atomic E-state index is 0.119. The molecule has 0 radical (unpaired) electrons. The summed E-state index contributed by atoms with van der Waals surface area (Å²) in [7, 11) is 1.88. The van der Waals surface area contributed by atoms with E-state index in [0.29, 0.717) is 17.9 Å². The third kappa shape index (κ3) is 3.04. The van der Waals surface area contributed by atoms with Gasteiger partial charge in [0.15, 0.2) is 0 Å². The van der Waals surface area contributed by atoms with Crippen LogP contribution in [0.15, 0.2) is 4.42 Å². The molecule has 0 amide bonds. The van der Waals surface area contributed by atoms with E-state index in [0.717, 1.165) is 31.8 Å². The molecule has 1 saturated carbocycles. The Kier molecular flexibility index (Phi) is 4.12. The minimum Gasteiger partial charge on any atom is -0.424 e. The molecule has 1 aromatic heterocycles. The maximum absolute atomic E-state index is 5.61. The summed E-state index contributed by atoms with van der Waals surface area (Å²) in [5.74, 6) is 2.06. The van der Waals surface area contributed by atoms with Crippen molar-refractivity contribution in [1.82, 2.24) is 15.5 Å². The summed E-state index contributed by atoms with van der Waals surface area (Å²) in [4.78, 5) is 0. The van der Waals surface area contributed by atoms with Gasteiger partial charge < -0.3 is 14.5 Å². The van der Waals surface area contributed by atoms with Crippen LogP contribution in [0.5, 0.6) is 0 Å². The van der Waals surface area contributed by atoms with Crippen LogP contribution >= 0.6 is 0 Å². The van der Waals surface area contributed by atoms with Crippen molar-refractivity contribution in [3.63, 3.8) is 0 Å². The molecule has 1 heterocycles. The molecule has 1 aliphatic carbocycles. The van der Waals surface area contributed by atoms with Crippen LogP contribution in [0.4, 0.5) is 0 Å². The average Bonchev–Trinajstić information content (AvgIpc) is 2.74. The van der Waals surface area contributed by atoms with Crippen LogP contribution in [-0.4, -0.2) is 30.0 Å². The largest absolute Gasteiger partial charge is 0.424 e. The van der Waals surface area contributed by atoms with Crippen LogP contribution in [-0.2, 0) is 11.2 Å². The standard InChI is InChI=1S/C12H21N3O2/c1-4-16-10-5-9(6-10)7-11-14-15-12(17-11)8(2)13-3/h8-10,13H,4-7H2,1-3H3. The molecule has 1 aromatic rings. The Morgan fingerprint density at radius 3 is 2.88 bits per heavy atom. The fourth-order valence-corrected chi connectivity index (χ4v) is 2.11. The Morgan fingerprint density at radius 2 is 2.24 bits per heavy atom. The van der Waals surface area contributed by atoms with Crippen molar-refractivity contribution in [3.05, 3.63) is 11.8 Å². The van der Waals surface area contributed by atoms with Gasteiger partial charge in [-0.25, -0.2) is 0 Å². The van der Waals surface area contributed by atoms with Crippen molar-refractivity contribution in [2.75, 3.05) is 13.7 Å². The van der Waals surface area contributed by atoms with Gasteiger partial charge in [-0.3, -0.25) is 0 Å². The third-order valence-electron chi connectivity index (χ3n) is 3.34. The van der Waals surface area contributed by atoms with Gasteiger partial charge in [0, 0.05) is 13.0 Å². The molecule has 0 spiro atoms. The fraction of sp³-hybridized carbons (Fsp3) is 0.833. The molecule has 1 atom stereocenters. The van der Waals surface area contributed by atoms with Gasteiger partial charge in [0.05, 0.1) is 12.1 Å². The Morgan fingerprint density at radius 1 is 1.47 bits per heavy atom. The lowest BCUT2D eigenvalue weighted by Gasteiger charge is -2.34. The molecule has 1 aliphatic rings. The van der Waals surface area contributed by atoms with E-state index in [4.69, 9.17) is 9.15 Å². The lowest BCUT2D eigenvalue weighted by molar-refractivity contribution is -0.0255. The molecule has 1 N–H and O–H groups in total. The molecule has 1 fully saturated rings. The van der Waals surface area contributed by atoms with E-state index in [1.807, 2.05) is 20.9 Å². The predicted molar refractivity (Wildman–Crippen MR) is 63.6 cm³/mol. The maximum Gasteiger partial charge on any atom is 0.233 e. The Hall–Kier alpha value is -0.940. The van der Waals surface area contributed by atoms with Crippen LogP contribution in [0.2, 0.25) is 0 Å². The summed E-state index contributed by atoms with van der Waals surface area (Å²) in [5, 5.41) is 11.2. The molecule has 0 aliphatic heterocycles. The van der Waals surface area contributed by atoms with E-state index in [9.17, 15) is 0 Å². The molecule has 0 saturated heterocycles. The first kappa shape index (κ1) is 12.5. The summed E-state index contributed by atoms with van der Waals surface area (Å²) in [6.07, 6.45) is 3.57. The monoisotopic (exact) mass is 239 g/mol. The smallest absolute Gasteiger partial charge is 0.233 e. The summed E-state index contributed by atoms with van der Waals surface area (Å²) >= 11 is 0. The second-order valence-corrected chi connectivity index (χ2v) is 4.66. The van der Waals surface area contributed by atoms with Gasteiger partial charge >= 0.3 is 0 Å². The molecule has 2 rings (SSSR count). The number of hydrogen-bond donors (Lipinski definition) is 1. The lowest BCUT2D eigenvalue weighted by atomic mass is 9.80. The average molecular weight is 239 g/mol. The number of ether oxygens (including phenoxy) is 1. The first-order valence-electron chi connectivity index (χ1n) is 6.34. The lowest BCUT2D eigenvalue weighted by Crippen LogP contribution is -2.32. The van der Waals surface area contributed by atoms with Gasteiger partial charge in [-0.1, -0.05) is 0 Å². The molecule has 0 aromatic carbocycles. The van der Waals surface area contributed by atoms with E-state index in [1.54, 1.807) is 0 Å². The first-order valence-corrected chi connectivity index (χ1v) is 6.34. The van der Waals surface area contributed by atoms with Crippen LogP contribution in [0, 0.1) is 5.92 Å². The van der Waals surface area contributed by atoms with Gasteiger partial charge in [0.25, 0.3) is 0 Å². The highest BCUT2D eigenvalue weighted by Gasteiger charge is 2.31. The number of rotatable bonds is 6. The van der Waals surface area contributed by atoms with Gasteiger partial charge in [0.2, 0.25) is 11.8 Å². The van der Waals surface area contributed by atoms with E-state index >= 15 is 0 Å². The Labute approximate surface area is 102 Å². The molecular formula is C12H21N3O2. The van der Waals surface area contributed by atoms with E-state index in [-0.39, 0.29) is 6.04 Å². The van der Waals surface area contributed by atoms with Crippen molar-refractivity contribution < 1.29 is 9.15 Å². The molecule has 96 valence electrons. The quantitative estimate of drug-likeness (QED) is 0.819. The Balaban J connectivity index is 1.79. The molecule has 1 unspecified atom stereocenters. The molecule has 17 heavy (non-hydrogen) atoms. The molecule has 5 nitrogen and oxygen atoms in total. The van der Waals surface area contributed by atoms with Crippen LogP contribution in [0.1, 0.15) is 44.5 Å². The highest BCUT2D eigenvalue weighted by atomic mass is 16.5. The molecule has 0 bridgehead atoms. The van der Waals surface area contributed by atoms with Gasteiger partial charge in [-0.2, -0.15) is 0 Å². The number of nitrogens with zero attached hydrogens (tertiary/aromatic N) is 2. The van der Waals surface area contributed by atoms with Crippen molar-refractivity contribution >= 4 is 0 Å². The SMILES string of the molecule is CCOC1CC(Cc2nnc(C(C)NC)o2)C1. The zero-order valence-electron chi connectivity index (χ0n) is 10.8. The van der Waals surface area contributed by atoms with E-state index < -0.39 is 0 Å². The zero-order chi connectivity index (χ0) is 12.3. The number of aromatic nitrogens is 2. The normalized spacial score (nSPS) is 25.6. The van der Waals surface area contributed by atoms with Crippen molar-refractivity contribution in [2.24, 2.45) is 5.92 Å². The predicted octanol–water partition coefficient (Wildman–Crippen LogP) is 1.71. The highest BCUT2D eigenvalue weighted by Crippen LogP contribution is 2.32. The maximum atomic E-state index is 5.61. The van der Waals surface area contributed by atoms with E-state index in [1.165, 1.54) is 0 Å². The zero-order valence-corrected chi connectivity index (χ0v) is 10.8. The van der Waals surface area contributed by atoms with E-state index in [2.05, 4.69) is 15.5 Å². The van der Waals surface area contributed by atoms with Crippen LogP contribution in [0.25, 0.3) is 0 Å². The summed E-state index contributed by atoms with van der Waals surface area (Å²) in [5.41, 5.74) is 0. The van der Waals surface area contributed by atoms with Crippen LogP contribution in [0.3, 0.4) is 0 Å². The number of nitrogens with one attached hydrogen (secondary N) is 1. The van der Waals surface area contributed by atoms with Gasteiger partial charge in [-0.05, 0) is 39.7 Å². The van der Waals surface area contributed by atoms with Crippen molar-refractivity contribution in [2.45, 2.75) is 45.3 Å². The summed E-state index contributed by atoms with van der Waals surface area (Å²) in [6, 6.07) is 0.119. The fourth-order valence-electron chi connectivity index (χ4n) is 2.11. The summed E-state index contributed by atoms with van der Waals surface area (Å²) in [6.45, 7) is 4.85. The highest BCUT2D eigenvalue weighted by molar-refractivity contribution is 4.92. The molecule has 5 heteroatoms. The van der Waals surface area contributed by atoms with Gasteiger partial charge in [-0.15, -0.1) is 10.2 Å². The molecular weight excluding hydrogens is 218 g/mol.